The van der Waals surface area contributed by atoms with Gasteiger partial charge in [-0.05, 0) is 42.8 Å². The number of benzene rings is 2. The normalized spacial score (nSPS) is 16.1. The molecular formula is C17H18Cl2N2O5S2. The van der Waals surface area contributed by atoms with Crippen molar-refractivity contribution in [2.75, 3.05) is 31.0 Å². The van der Waals surface area contributed by atoms with Gasteiger partial charge in [-0.2, -0.15) is 4.31 Å². The topological polar surface area (TPSA) is 92.8 Å². The molecule has 0 spiro atoms. The van der Waals surface area contributed by atoms with E-state index >= 15 is 0 Å². The Balaban J connectivity index is 1.97. The maximum atomic E-state index is 12.8. The van der Waals surface area contributed by atoms with Crippen LogP contribution in [0.15, 0.2) is 46.2 Å². The zero-order valence-electron chi connectivity index (χ0n) is 14.9. The minimum atomic E-state index is -4.07. The van der Waals surface area contributed by atoms with Crippen molar-refractivity contribution < 1.29 is 21.6 Å². The molecule has 28 heavy (non-hydrogen) atoms. The van der Waals surface area contributed by atoms with Crippen molar-refractivity contribution in [3.8, 4) is 0 Å². The maximum Gasteiger partial charge on any atom is 0.263 e. The number of anilines is 1. The molecule has 1 aliphatic rings. The zero-order chi connectivity index (χ0) is 20.5. The predicted octanol–water partition coefficient (Wildman–Crippen LogP) is 3.12. The van der Waals surface area contributed by atoms with Crippen molar-refractivity contribution in [3.05, 3.63) is 52.0 Å². The summed E-state index contributed by atoms with van der Waals surface area (Å²) < 4.78 is 60.1. The number of nitrogens with zero attached hydrogens (tertiary/aromatic N) is 1. The molecule has 1 saturated heterocycles. The summed E-state index contributed by atoms with van der Waals surface area (Å²) in [5.74, 6) is 0. The highest BCUT2D eigenvalue weighted by Crippen LogP contribution is 2.29. The van der Waals surface area contributed by atoms with Gasteiger partial charge >= 0.3 is 0 Å². The number of morpholine rings is 1. The third-order valence-electron chi connectivity index (χ3n) is 4.24. The average molecular weight is 465 g/mol. The second-order valence-electron chi connectivity index (χ2n) is 6.17. The summed E-state index contributed by atoms with van der Waals surface area (Å²) in [6.45, 7) is 2.79. The Morgan fingerprint density at radius 1 is 1.00 bits per heavy atom. The van der Waals surface area contributed by atoms with Crippen LogP contribution in [0.1, 0.15) is 5.56 Å². The van der Waals surface area contributed by atoms with E-state index in [0.29, 0.717) is 18.8 Å². The Morgan fingerprint density at radius 2 is 1.68 bits per heavy atom. The number of aryl methyl sites for hydroxylation is 1. The van der Waals surface area contributed by atoms with Crippen molar-refractivity contribution in [2.24, 2.45) is 0 Å². The first kappa shape index (κ1) is 21.4. The van der Waals surface area contributed by atoms with E-state index in [0.717, 1.165) is 0 Å². The first-order valence-corrected chi connectivity index (χ1v) is 12.0. The molecule has 2 aromatic carbocycles. The van der Waals surface area contributed by atoms with E-state index in [4.69, 9.17) is 27.9 Å². The smallest absolute Gasteiger partial charge is 0.263 e. The average Bonchev–Trinajstić information content (AvgIpc) is 2.66. The van der Waals surface area contributed by atoms with Gasteiger partial charge in [0.2, 0.25) is 10.0 Å². The molecule has 2 aromatic rings. The fourth-order valence-electron chi connectivity index (χ4n) is 2.69. The fourth-order valence-corrected chi connectivity index (χ4v) is 6.01. The van der Waals surface area contributed by atoms with Gasteiger partial charge in [0.25, 0.3) is 10.0 Å². The lowest BCUT2D eigenvalue weighted by molar-refractivity contribution is 0.0730. The van der Waals surface area contributed by atoms with Crippen LogP contribution in [-0.4, -0.2) is 47.4 Å². The minimum Gasteiger partial charge on any atom is -0.379 e. The molecule has 1 aliphatic heterocycles. The molecule has 0 aromatic heterocycles. The second kappa shape index (κ2) is 8.17. The second-order valence-corrected chi connectivity index (χ2v) is 10.6. The van der Waals surface area contributed by atoms with E-state index < -0.39 is 20.0 Å². The van der Waals surface area contributed by atoms with Crippen molar-refractivity contribution in [2.45, 2.75) is 16.7 Å². The first-order valence-electron chi connectivity index (χ1n) is 8.28. The third-order valence-corrected chi connectivity index (χ3v) is 8.22. The van der Waals surface area contributed by atoms with Gasteiger partial charge in [-0.1, -0.05) is 29.3 Å². The zero-order valence-corrected chi connectivity index (χ0v) is 18.0. The molecule has 0 unspecified atom stereocenters. The van der Waals surface area contributed by atoms with Gasteiger partial charge in [0.1, 0.15) is 4.90 Å². The summed E-state index contributed by atoms with van der Waals surface area (Å²) >= 11 is 11.9. The quantitative estimate of drug-likeness (QED) is 0.733. The van der Waals surface area contributed by atoms with Crippen LogP contribution in [0.3, 0.4) is 0 Å². The van der Waals surface area contributed by atoms with E-state index in [1.54, 1.807) is 13.0 Å². The number of halogens is 2. The summed E-state index contributed by atoms with van der Waals surface area (Å²) in [5, 5.41) is 0.219. The third kappa shape index (κ3) is 4.45. The monoisotopic (exact) mass is 464 g/mol. The predicted molar refractivity (Wildman–Crippen MR) is 108 cm³/mol. The molecule has 0 aliphatic carbocycles. The Hall–Kier alpha value is -1.36. The van der Waals surface area contributed by atoms with Gasteiger partial charge in [-0.15, -0.1) is 0 Å². The standard InChI is InChI=1S/C17H18Cl2N2O5S2/c1-12-2-4-14(28(24,25)21-6-8-26-9-7-21)11-16(12)20-27(22,23)17-10-13(18)3-5-15(17)19/h2-5,10-11,20H,6-9H2,1H3. The van der Waals surface area contributed by atoms with Gasteiger partial charge < -0.3 is 4.74 Å². The van der Waals surface area contributed by atoms with Crippen LogP contribution >= 0.6 is 23.2 Å². The van der Waals surface area contributed by atoms with Crippen molar-refractivity contribution >= 4 is 48.9 Å². The Morgan fingerprint density at radius 3 is 2.36 bits per heavy atom. The number of hydrogen-bond acceptors (Lipinski definition) is 5. The summed E-state index contributed by atoms with van der Waals surface area (Å²) in [7, 11) is -7.84. The number of nitrogens with one attached hydrogen (secondary N) is 1. The molecule has 0 bridgehead atoms. The Kier molecular flexibility index (Phi) is 6.23. The van der Waals surface area contributed by atoms with Crippen LogP contribution in [0.4, 0.5) is 5.69 Å². The lowest BCUT2D eigenvalue weighted by Gasteiger charge is -2.26. The molecule has 1 heterocycles. The van der Waals surface area contributed by atoms with E-state index in [2.05, 4.69) is 4.72 Å². The van der Waals surface area contributed by atoms with Crippen LogP contribution in [0.25, 0.3) is 0 Å². The van der Waals surface area contributed by atoms with E-state index in [-0.39, 0.29) is 38.6 Å². The van der Waals surface area contributed by atoms with Crippen LogP contribution in [0, 0.1) is 6.92 Å². The molecule has 1 fully saturated rings. The van der Waals surface area contributed by atoms with Gasteiger partial charge in [-0.25, -0.2) is 16.8 Å². The van der Waals surface area contributed by atoms with Crippen LogP contribution in [0.2, 0.25) is 10.0 Å². The summed E-state index contributed by atoms with van der Waals surface area (Å²) in [6.07, 6.45) is 0. The van der Waals surface area contributed by atoms with E-state index in [1.165, 1.54) is 34.6 Å². The highest BCUT2D eigenvalue weighted by Gasteiger charge is 2.27. The molecule has 3 rings (SSSR count). The summed E-state index contributed by atoms with van der Waals surface area (Å²) in [6, 6.07) is 8.38. The molecular weight excluding hydrogens is 447 g/mol. The van der Waals surface area contributed by atoms with Gasteiger partial charge in [-0.3, -0.25) is 4.72 Å². The summed E-state index contributed by atoms with van der Waals surface area (Å²) in [4.78, 5) is -0.197. The first-order chi connectivity index (χ1) is 13.1. The van der Waals surface area contributed by atoms with Gasteiger partial charge in [0.15, 0.2) is 0 Å². The van der Waals surface area contributed by atoms with Crippen molar-refractivity contribution in [1.29, 1.82) is 0 Å². The Labute approximate surface area is 174 Å². The lowest BCUT2D eigenvalue weighted by Crippen LogP contribution is -2.40. The molecule has 0 saturated carbocycles. The fraction of sp³-hybridized carbons (Fsp3) is 0.294. The molecule has 1 N–H and O–H groups in total. The van der Waals surface area contributed by atoms with Crippen LogP contribution < -0.4 is 4.72 Å². The minimum absolute atomic E-state index is 0.00473. The van der Waals surface area contributed by atoms with Gasteiger partial charge in [0.05, 0.1) is 28.8 Å². The number of hydrogen-bond donors (Lipinski definition) is 1. The maximum absolute atomic E-state index is 12.8. The molecule has 0 amide bonds. The highest BCUT2D eigenvalue weighted by molar-refractivity contribution is 7.93. The van der Waals surface area contributed by atoms with Crippen molar-refractivity contribution in [3.63, 3.8) is 0 Å². The van der Waals surface area contributed by atoms with Crippen LogP contribution in [-0.2, 0) is 24.8 Å². The SMILES string of the molecule is Cc1ccc(S(=O)(=O)N2CCOCC2)cc1NS(=O)(=O)c1cc(Cl)ccc1Cl. The largest absolute Gasteiger partial charge is 0.379 e. The number of ether oxygens (including phenoxy) is 1. The molecule has 0 atom stereocenters. The highest BCUT2D eigenvalue weighted by atomic mass is 35.5. The molecule has 11 heteroatoms. The number of sulfonamides is 2. The van der Waals surface area contributed by atoms with Gasteiger partial charge in [0, 0.05) is 18.1 Å². The molecule has 7 nitrogen and oxygen atoms in total. The number of rotatable bonds is 5. The molecule has 152 valence electrons. The van der Waals surface area contributed by atoms with E-state index in [1.807, 2.05) is 0 Å². The Bertz CT molecular complexity index is 1100. The van der Waals surface area contributed by atoms with Crippen molar-refractivity contribution in [1.82, 2.24) is 4.31 Å². The molecule has 0 radical (unpaired) electrons. The van der Waals surface area contributed by atoms with E-state index in [9.17, 15) is 16.8 Å². The summed E-state index contributed by atoms with van der Waals surface area (Å²) in [5.41, 5.74) is 0.702. The van der Waals surface area contributed by atoms with Crippen LogP contribution in [0.5, 0.6) is 0 Å². The lowest BCUT2D eigenvalue weighted by atomic mass is 10.2.